The maximum Gasteiger partial charge on any atom is 0.269 e. The van der Waals surface area contributed by atoms with Gasteiger partial charge in [0, 0.05) is 53.6 Å². The zero-order valence-corrected chi connectivity index (χ0v) is 33.0. The molecule has 2 fully saturated rings. The fourth-order valence-electron chi connectivity index (χ4n) is 7.84. The summed E-state index contributed by atoms with van der Waals surface area (Å²) in [6.45, 7) is 2.06. The third-order valence-electron chi connectivity index (χ3n) is 11.0. The van der Waals surface area contributed by atoms with Crippen molar-refractivity contribution in [2.75, 3.05) is 11.6 Å². The molecule has 0 bridgehead atoms. The number of amidine groups is 1. The predicted octanol–water partition coefficient (Wildman–Crippen LogP) is 9.51. The topological polar surface area (TPSA) is 89.2 Å². The number of fused-ring (bicyclic) bond motifs is 2. The Bertz CT molecular complexity index is 2190. The van der Waals surface area contributed by atoms with Crippen LogP contribution in [0.4, 0.5) is 17.6 Å². The number of hydrogen-bond acceptors (Lipinski definition) is 5. The molecule has 3 heterocycles. The van der Waals surface area contributed by atoms with Gasteiger partial charge in [-0.25, -0.2) is 31.7 Å². The van der Waals surface area contributed by atoms with Crippen molar-refractivity contribution in [3.63, 3.8) is 0 Å². The lowest BCUT2D eigenvalue weighted by Gasteiger charge is -2.29. The van der Waals surface area contributed by atoms with Crippen molar-refractivity contribution < 1.29 is 21.8 Å². The summed E-state index contributed by atoms with van der Waals surface area (Å²) in [6, 6.07) is 8.24. The first-order valence-electron chi connectivity index (χ1n) is 17.7. The molecule has 282 valence electrons. The zero-order chi connectivity index (χ0) is 37.8. The van der Waals surface area contributed by atoms with E-state index in [9.17, 15) is 21.8 Å². The molecule has 7 rings (SSSR count). The third-order valence-corrected chi connectivity index (χ3v) is 12.5. The highest BCUT2D eigenvalue weighted by molar-refractivity contribution is 9.09. The minimum Gasteiger partial charge on any atom is -0.289 e. The molecule has 0 saturated heterocycles. The van der Waals surface area contributed by atoms with E-state index in [0.717, 1.165) is 18.9 Å². The van der Waals surface area contributed by atoms with E-state index >= 15 is 4.79 Å². The summed E-state index contributed by atoms with van der Waals surface area (Å²) in [4.78, 5) is 29.9. The fourth-order valence-corrected chi connectivity index (χ4v) is 9.34. The maximum atomic E-state index is 15.1. The summed E-state index contributed by atoms with van der Waals surface area (Å²) in [5.74, 6) is -4.28. The minimum atomic E-state index is -2.74. The highest BCUT2D eigenvalue weighted by atomic mass is 79.9. The lowest BCUT2D eigenvalue weighted by Crippen LogP contribution is -2.32. The summed E-state index contributed by atoms with van der Waals surface area (Å²) in [5, 5.41) is 1.21. The normalized spacial score (nSPS) is 20.7. The largest absolute Gasteiger partial charge is 0.289 e. The summed E-state index contributed by atoms with van der Waals surface area (Å²) in [7, 11) is -1.49. The number of halogens is 7. The Morgan fingerprint density at radius 2 is 1.72 bits per heavy atom. The number of rotatable bonds is 9. The highest BCUT2D eigenvalue weighted by Crippen LogP contribution is 2.57. The molecule has 2 unspecified atom stereocenters. The van der Waals surface area contributed by atoms with E-state index in [-0.39, 0.29) is 65.5 Å². The third kappa shape index (κ3) is 7.95. The summed E-state index contributed by atoms with van der Waals surface area (Å²) < 4.78 is 74.4. The number of benzene rings is 2. The molecule has 2 aromatic carbocycles. The van der Waals surface area contributed by atoms with E-state index in [1.165, 1.54) is 23.0 Å². The first-order chi connectivity index (χ1) is 25.2. The van der Waals surface area contributed by atoms with Crippen LogP contribution in [-0.2, 0) is 23.8 Å². The van der Waals surface area contributed by atoms with Crippen LogP contribution in [0, 0.1) is 17.0 Å². The van der Waals surface area contributed by atoms with Gasteiger partial charge in [-0.15, -0.1) is 0 Å². The van der Waals surface area contributed by atoms with Gasteiger partial charge in [-0.3, -0.25) is 19.1 Å². The standard InChI is InChI=1S/C38H38BrCl2F4N5O2S/c1-37(12-13-37)26(17-20-15-22(42)18-23(43)16-20)35-48-33-32(28(41)19-29(47-33)21-7-10-38(44,45)11-8-21)36(51)50(35)30-6-5-27(40)31-25(30)4-3-24(9-14-39)46-34(31)49-53(2)52/h5-6,15-16,18-19,21,24,26H,3-4,7-14,17H2,1-2H3,(H,46,49)/t24?,26-,53?/m0/s1. The van der Waals surface area contributed by atoms with Gasteiger partial charge in [0.25, 0.3) is 5.56 Å². The van der Waals surface area contributed by atoms with E-state index in [4.69, 9.17) is 38.2 Å². The molecule has 15 heteroatoms. The Morgan fingerprint density at radius 3 is 2.36 bits per heavy atom. The number of pyridine rings is 1. The van der Waals surface area contributed by atoms with Crippen LogP contribution in [0.2, 0.25) is 10.0 Å². The van der Waals surface area contributed by atoms with E-state index in [1.54, 1.807) is 18.2 Å². The minimum absolute atomic E-state index is 0.0629. The Morgan fingerprint density at radius 1 is 1.02 bits per heavy atom. The van der Waals surface area contributed by atoms with Gasteiger partial charge in [-0.05, 0) is 98.2 Å². The maximum absolute atomic E-state index is 15.1. The monoisotopic (exact) mass is 853 g/mol. The molecule has 2 aromatic heterocycles. The van der Waals surface area contributed by atoms with Gasteiger partial charge in [0.1, 0.15) is 39.7 Å². The molecule has 53 heavy (non-hydrogen) atoms. The van der Waals surface area contributed by atoms with Crippen molar-refractivity contribution in [3.8, 4) is 5.69 Å². The second-order valence-electron chi connectivity index (χ2n) is 14.8. The summed E-state index contributed by atoms with van der Waals surface area (Å²) in [5.41, 5.74) is 1.79. The SMILES string of the molecule is CS(=O)NC1=NC(CCBr)CCc2c(-n3c([C@H](Cc4cc(F)cc(F)c4)C4(C)CC4)nc4nc(C5CCC(F)(F)CC5)cc(Cl)c4c3=O)ccc(Cl)c21. The number of nitrogens with zero attached hydrogens (tertiary/aromatic N) is 4. The van der Waals surface area contributed by atoms with Crippen LogP contribution in [0.5, 0.6) is 0 Å². The molecule has 4 aromatic rings. The predicted molar refractivity (Wildman–Crippen MR) is 206 cm³/mol. The first kappa shape index (κ1) is 38.4. The molecule has 0 radical (unpaired) electrons. The van der Waals surface area contributed by atoms with Gasteiger partial charge in [0.2, 0.25) is 5.92 Å². The number of nitrogens with one attached hydrogen (secondary N) is 1. The van der Waals surface area contributed by atoms with Crippen LogP contribution in [0.15, 0.2) is 46.2 Å². The quantitative estimate of drug-likeness (QED) is 0.134. The van der Waals surface area contributed by atoms with Crippen molar-refractivity contribution in [2.45, 2.75) is 94.9 Å². The van der Waals surface area contributed by atoms with E-state index in [1.807, 2.05) is 0 Å². The summed E-state index contributed by atoms with van der Waals surface area (Å²) >= 11 is 17.3. The summed E-state index contributed by atoms with van der Waals surface area (Å²) in [6.07, 6.45) is 4.88. The average Bonchev–Trinajstić information content (AvgIpc) is 3.85. The van der Waals surface area contributed by atoms with E-state index in [2.05, 4.69) is 27.6 Å². The van der Waals surface area contributed by atoms with Crippen LogP contribution >= 0.6 is 39.1 Å². The molecule has 1 aliphatic heterocycles. The Kier molecular flexibility index (Phi) is 10.9. The van der Waals surface area contributed by atoms with Crippen molar-refractivity contribution in [1.82, 2.24) is 19.3 Å². The van der Waals surface area contributed by atoms with Gasteiger partial charge < -0.3 is 0 Å². The molecule has 7 nitrogen and oxygen atoms in total. The van der Waals surface area contributed by atoms with Crippen molar-refractivity contribution in [3.05, 3.63) is 96.6 Å². The van der Waals surface area contributed by atoms with Gasteiger partial charge in [-0.2, -0.15) is 0 Å². The Labute approximate surface area is 325 Å². The molecular weight excluding hydrogens is 817 g/mol. The number of hydrogen-bond donors (Lipinski definition) is 1. The van der Waals surface area contributed by atoms with E-state index < -0.39 is 40.0 Å². The number of aromatic nitrogens is 3. The Hall–Kier alpha value is -2.87. The Balaban J connectivity index is 1.49. The first-order valence-corrected chi connectivity index (χ1v) is 21.1. The zero-order valence-electron chi connectivity index (χ0n) is 29.1. The number of alkyl halides is 3. The molecular formula is C38H38BrCl2F4N5O2S. The van der Waals surface area contributed by atoms with Gasteiger partial charge in [0.05, 0.1) is 21.8 Å². The van der Waals surface area contributed by atoms with Crippen molar-refractivity contribution in [2.24, 2.45) is 10.4 Å². The van der Waals surface area contributed by atoms with Crippen molar-refractivity contribution in [1.29, 1.82) is 0 Å². The molecule has 2 saturated carbocycles. The van der Waals surface area contributed by atoms with Crippen LogP contribution in [0.1, 0.15) is 98.3 Å². The van der Waals surface area contributed by atoms with Gasteiger partial charge in [-0.1, -0.05) is 46.1 Å². The molecule has 3 atom stereocenters. The molecule has 1 N–H and O–H groups in total. The average molecular weight is 856 g/mol. The molecule has 0 amide bonds. The molecule has 3 aliphatic rings. The highest BCUT2D eigenvalue weighted by Gasteiger charge is 2.48. The van der Waals surface area contributed by atoms with Crippen molar-refractivity contribution >= 4 is 67.0 Å². The van der Waals surface area contributed by atoms with Crippen LogP contribution < -0.4 is 10.3 Å². The van der Waals surface area contributed by atoms with Gasteiger partial charge in [0.15, 0.2) is 5.65 Å². The lowest BCUT2D eigenvalue weighted by molar-refractivity contribution is -0.0384. The molecule has 2 aliphatic carbocycles. The lowest BCUT2D eigenvalue weighted by atomic mass is 9.83. The van der Waals surface area contributed by atoms with Crippen LogP contribution in [0.25, 0.3) is 16.7 Å². The van der Waals surface area contributed by atoms with Crippen LogP contribution in [0.3, 0.4) is 0 Å². The van der Waals surface area contributed by atoms with Crippen LogP contribution in [-0.4, -0.2) is 48.1 Å². The second kappa shape index (κ2) is 15.0. The smallest absolute Gasteiger partial charge is 0.269 e. The number of aliphatic imine (C=N–C) groups is 1. The molecule has 0 spiro atoms. The second-order valence-corrected chi connectivity index (χ2v) is 17.5. The van der Waals surface area contributed by atoms with E-state index in [0.29, 0.717) is 69.3 Å². The van der Waals surface area contributed by atoms with Gasteiger partial charge >= 0.3 is 0 Å². The fraction of sp³-hybridized carbons (Fsp3) is 0.474.